The van der Waals surface area contributed by atoms with E-state index in [0.29, 0.717) is 11.7 Å². The summed E-state index contributed by atoms with van der Waals surface area (Å²) in [4.78, 5) is 33.4. The normalized spacial score (nSPS) is 17.7. The zero-order chi connectivity index (χ0) is 16.4. The van der Waals surface area contributed by atoms with Gasteiger partial charge in [-0.3, -0.25) is 4.79 Å². The number of nitrogens with one attached hydrogen (secondary N) is 1. The Morgan fingerprint density at radius 1 is 1.00 bits per heavy atom. The Balaban J connectivity index is 1.41. The van der Waals surface area contributed by atoms with E-state index in [2.05, 4.69) is 35.1 Å². The Bertz CT molecular complexity index is 711. The molecule has 0 unspecified atom stereocenters. The van der Waals surface area contributed by atoms with Crippen LogP contribution in [0.2, 0.25) is 0 Å². The van der Waals surface area contributed by atoms with E-state index in [0.717, 1.165) is 50.8 Å². The van der Waals surface area contributed by atoms with Crippen LogP contribution in [0, 0.1) is 0 Å². The van der Waals surface area contributed by atoms with Crippen molar-refractivity contribution in [2.45, 2.75) is 18.9 Å². The summed E-state index contributed by atoms with van der Waals surface area (Å²) < 4.78 is 0. The number of carbonyl (C=O) groups excluding carboxylic acids is 1. The first-order chi connectivity index (χ1) is 11.8. The van der Waals surface area contributed by atoms with Gasteiger partial charge in [-0.25, -0.2) is 19.9 Å². The van der Waals surface area contributed by atoms with Crippen molar-refractivity contribution in [2.24, 2.45) is 0 Å². The number of aromatic nitrogens is 4. The van der Waals surface area contributed by atoms with Gasteiger partial charge in [0.2, 0.25) is 5.95 Å². The third-order valence-electron chi connectivity index (χ3n) is 4.24. The maximum atomic E-state index is 12.1. The lowest BCUT2D eigenvalue weighted by Crippen LogP contribution is -2.47. The smallest absolute Gasteiger partial charge is 0.270 e. The number of rotatable bonds is 4. The molecule has 0 radical (unpaired) electrons. The van der Waals surface area contributed by atoms with Crippen LogP contribution in [-0.2, 0) is 0 Å². The molecule has 124 valence electrons. The highest BCUT2D eigenvalue weighted by Gasteiger charge is 2.25. The fourth-order valence-electron chi connectivity index (χ4n) is 2.72. The zero-order valence-corrected chi connectivity index (χ0v) is 13.3. The van der Waals surface area contributed by atoms with E-state index in [-0.39, 0.29) is 5.91 Å². The van der Waals surface area contributed by atoms with Crippen LogP contribution in [0.15, 0.2) is 30.9 Å². The van der Waals surface area contributed by atoms with E-state index in [1.54, 1.807) is 18.5 Å². The van der Waals surface area contributed by atoms with Crippen molar-refractivity contribution in [2.75, 3.05) is 36.0 Å². The molecule has 1 aliphatic heterocycles. The second-order valence-electron chi connectivity index (χ2n) is 6.03. The van der Waals surface area contributed by atoms with Gasteiger partial charge in [-0.1, -0.05) is 0 Å². The highest BCUT2D eigenvalue weighted by Crippen LogP contribution is 2.20. The Labute approximate surface area is 140 Å². The molecule has 2 fully saturated rings. The molecule has 8 heteroatoms. The van der Waals surface area contributed by atoms with Crippen molar-refractivity contribution >= 4 is 17.7 Å². The summed E-state index contributed by atoms with van der Waals surface area (Å²) in [5, 5.41) is 2.96. The van der Waals surface area contributed by atoms with Crippen molar-refractivity contribution < 1.29 is 4.79 Å². The number of amides is 1. The lowest BCUT2D eigenvalue weighted by Gasteiger charge is -2.35. The van der Waals surface area contributed by atoms with Gasteiger partial charge in [0.05, 0.1) is 0 Å². The average Bonchev–Trinajstić information content (AvgIpc) is 3.47. The van der Waals surface area contributed by atoms with E-state index in [1.807, 2.05) is 6.07 Å². The quantitative estimate of drug-likeness (QED) is 0.875. The second-order valence-corrected chi connectivity index (χ2v) is 6.03. The lowest BCUT2D eigenvalue weighted by molar-refractivity contribution is 0.0946. The molecule has 1 N–H and O–H groups in total. The molecule has 24 heavy (non-hydrogen) atoms. The monoisotopic (exact) mass is 325 g/mol. The van der Waals surface area contributed by atoms with Crippen LogP contribution in [0.5, 0.6) is 0 Å². The van der Waals surface area contributed by atoms with Gasteiger partial charge < -0.3 is 15.1 Å². The predicted molar refractivity (Wildman–Crippen MR) is 89.0 cm³/mol. The first-order valence-electron chi connectivity index (χ1n) is 8.19. The number of anilines is 2. The first kappa shape index (κ1) is 14.8. The number of nitrogens with zero attached hydrogens (tertiary/aromatic N) is 6. The minimum Gasteiger partial charge on any atom is -0.353 e. The van der Waals surface area contributed by atoms with Crippen LogP contribution in [0.25, 0.3) is 0 Å². The van der Waals surface area contributed by atoms with E-state index >= 15 is 0 Å². The van der Waals surface area contributed by atoms with Gasteiger partial charge in [0.25, 0.3) is 5.91 Å². The van der Waals surface area contributed by atoms with Gasteiger partial charge >= 0.3 is 0 Å². The molecule has 2 aliphatic rings. The summed E-state index contributed by atoms with van der Waals surface area (Å²) in [5.74, 6) is 1.43. The molecule has 4 rings (SSSR count). The van der Waals surface area contributed by atoms with Crippen LogP contribution in [0.1, 0.15) is 23.3 Å². The highest BCUT2D eigenvalue weighted by molar-refractivity contribution is 5.93. The fraction of sp³-hybridized carbons (Fsp3) is 0.438. The summed E-state index contributed by atoms with van der Waals surface area (Å²) in [7, 11) is 0. The summed E-state index contributed by atoms with van der Waals surface area (Å²) in [6, 6.07) is 3.91. The van der Waals surface area contributed by atoms with Gasteiger partial charge in [0.15, 0.2) is 0 Å². The molecular formula is C16H19N7O. The molecule has 0 bridgehead atoms. The van der Waals surface area contributed by atoms with Gasteiger partial charge in [0, 0.05) is 50.7 Å². The largest absolute Gasteiger partial charge is 0.353 e. The van der Waals surface area contributed by atoms with Crippen LogP contribution in [0.3, 0.4) is 0 Å². The summed E-state index contributed by atoms with van der Waals surface area (Å²) in [6.07, 6.45) is 7.10. The molecule has 1 aliphatic carbocycles. The minimum atomic E-state index is -0.113. The zero-order valence-electron chi connectivity index (χ0n) is 13.3. The Hall–Kier alpha value is -2.77. The van der Waals surface area contributed by atoms with Gasteiger partial charge in [-0.15, -0.1) is 0 Å². The predicted octanol–water partition coefficient (Wildman–Crippen LogP) is 0.485. The topological polar surface area (TPSA) is 87.1 Å². The van der Waals surface area contributed by atoms with Crippen LogP contribution >= 0.6 is 0 Å². The van der Waals surface area contributed by atoms with Crippen LogP contribution in [0.4, 0.5) is 11.8 Å². The maximum Gasteiger partial charge on any atom is 0.270 e. The second kappa shape index (κ2) is 6.38. The minimum absolute atomic E-state index is 0.113. The molecule has 1 saturated carbocycles. The molecule has 3 heterocycles. The first-order valence-corrected chi connectivity index (χ1v) is 8.19. The average molecular weight is 325 g/mol. The van der Waals surface area contributed by atoms with Crippen LogP contribution in [-0.4, -0.2) is 58.1 Å². The molecule has 0 spiro atoms. The Morgan fingerprint density at radius 2 is 1.71 bits per heavy atom. The standard InChI is InChI=1S/C16H19N7O/c24-15(21-12-2-3-12)13-10-14(20-11-19-13)22-6-8-23(9-7-22)16-17-4-1-5-18-16/h1,4-5,10-12H,2-3,6-9H2,(H,21,24). The molecule has 1 amide bonds. The molecule has 0 aromatic carbocycles. The van der Waals surface area contributed by atoms with Crippen molar-refractivity contribution in [1.29, 1.82) is 0 Å². The Kier molecular flexibility index (Phi) is 3.94. The van der Waals surface area contributed by atoms with E-state index < -0.39 is 0 Å². The number of hydrogen-bond donors (Lipinski definition) is 1. The summed E-state index contributed by atoms with van der Waals surface area (Å²) >= 11 is 0. The summed E-state index contributed by atoms with van der Waals surface area (Å²) in [5.41, 5.74) is 0.431. The van der Waals surface area contributed by atoms with Gasteiger partial charge in [0.1, 0.15) is 17.8 Å². The third-order valence-corrected chi connectivity index (χ3v) is 4.24. The molecule has 2 aromatic rings. The lowest BCUT2D eigenvalue weighted by atomic mass is 10.3. The van der Waals surface area contributed by atoms with Crippen LogP contribution < -0.4 is 15.1 Å². The number of hydrogen-bond acceptors (Lipinski definition) is 7. The third kappa shape index (κ3) is 3.27. The summed E-state index contributed by atoms with van der Waals surface area (Å²) in [6.45, 7) is 3.24. The van der Waals surface area contributed by atoms with Gasteiger partial charge in [-0.05, 0) is 18.9 Å². The molecule has 1 saturated heterocycles. The number of piperazine rings is 1. The molecule has 8 nitrogen and oxygen atoms in total. The van der Waals surface area contributed by atoms with E-state index in [1.165, 1.54) is 6.33 Å². The Morgan fingerprint density at radius 3 is 2.42 bits per heavy atom. The fourth-order valence-corrected chi connectivity index (χ4v) is 2.72. The highest BCUT2D eigenvalue weighted by atomic mass is 16.2. The van der Waals surface area contributed by atoms with Crippen molar-refractivity contribution in [3.05, 3.63) is 36.5 Å². The maximum absolute atomic E-state index is 12.1. The molecule has 0 atom stereocenters. The molecular weight excluding hydrogens is 306 g/mol. The van der Waals surface area contributed by atoms with Crippen molar-refractivity contribution in [3.63, 3.8) is 0 Å². The van der Waals surface area contributed by atoms with Crippen molar-refractivity contribution in [1.82, 2.24) is 25.3 Å². The van der Waals surface area contributed by atoms with Gasteiger partial charge in [-0.2, -0.15) is 0 Å². The van der Waals surface area contributed by atoms with E-state index in [4.69, 9.17) is 0 Å². The number of carbonyl (C=O) groups is 1. The molecule has 2 aromatic heterocycles. The van der Waals surface area contributed by atoms with Crippen molar-refractivity contribution in [3.8, 4) is 0 Å². The SMILES string of the molecule is O=C(NC1CC1)c1cc(N2CCN(c3ncccn3)CC2)ncn1. The van der Waals surface area contributed by atoms with E-state index in [9.17, 15) is 4.79 Å².